The van der Waals surface area contributed by atoms with E-state index in [1.807, 2.05) is 0 Å². The Bertz CT molecular complexity index is 8.00. The van der Waals surface area contributed by atoms with Gasteiger partial charge in [-0.1, -0.05) is 0 Å². The number of rotatable bonds is 0. The molecule has 0 amide bonds. The predicted molar refractivity (Wildman–Crippen MR) is 17.3 cm³/mol. The molecule has 0 heterocycles. The maximum absolute atomic E-state index is 0. The molecule has 0 aliphatic heterocycles. The zero-order valence-electron chi connectivity index (χ0n) is 1.95. The van der Waals surface area contributed by atoms with Crippen molar-refractivity contribution in [3.8, 4) is 0 Å². The molecule has 4 heavy (non-hydrogen) atoms. The third-order valence-corrected chi connectivity index (χ3v) is 0. The van der Waals surface area contributed by atoms with Gasteiger partial charge in [0.05, 0.1) is 0 Å². The van der Waals surface area contributed by atoms with Crippen LogP contribution in [0.5, 0.6) is 0 Å². The summed E-state index contributed by atoms with van der Waals surface area (Å²) < 4.78 is 0. The summed E-state index contributed by atoms with van der Waals surface area (Å²) in [5.41, 5.74) is 0. The second-order valence-corrected chi connectivity index (χ2v) is 0. The Kier molecular flexibility index (Phi) is 108. The van der Waals surface area contributed by atoms with Gasteiger partial charge in [-0.25, -0.2) is 0 Å². The minimum atomic E-state index is 0. The van der Waals surface area contributed by atoms with Crippen LogP contribution in [0.15, 0.2) is 0 Å². The van der Waals surface area contributed by atoms with Gasteiger partial charge in [0.25, 0.3) is 0 Å². The van der Waals surface area contributed by atoms with Gasteiger partial charge in [-0.3, -0.25) is 0 Å². The fourth-order valence-electron chi connectivity index (χ4n) is 0. The molecule has 0 aliphatic carbocycles. The first-order valence-corrected chi connectivity index (χ1v) is 0. The van der Waals surface area contributed by atoms with Gasteiger partial charge in [0.15, 0.2) is 0 Å². The number of hydrogen-bond acceptors (Lipinski definition) is 0. The van der Waals surface area contributed by atoms with Crippen LogP contribution in [-0.2, 0) is 21.7 Å². The summed E-state index contributed by atoms with van der Waals surface area (Å²) in [6, 6.07) is 0. The monoisotopic (exact) mass is 585 g/mol. The Balaban J connectivity index is 0. The molecule has 4 heteroatoms. The first-order valence-electron chi connectivity index (χ1n) is 0. The Hall–Kier alpha value is 3.32. The van der Waals surface area contributed by atoms with E-state index in [4.69, 9.17) is 0 Å². The Morgan fingerprint density at radius 1 is 1.00 bits per heavy atom. The summed E-state index contributed by atoms with van der Waals surface area (Å²) in [7, 11) is 0. The van der Waals surface area contributed by atoms with E-state index in [0.29, 0.717) is 0 Å². The normalized spacial score (nSPS) is 0. The van der Waals surface area contributed by atoms with Crippen molar-refractivity contribution in [1.29, 1.82) is 0 Å². The first kappa shape index (κ1) is 26.5. The smallest absolute Gasteiger partial charge is 0 e. The average molecular weight is 583 g/mol. The molecule has 0 spiro atoms. The largest absolute Gasteiger partial charge is 0 e. The van der Waals surface area contributed by atoms with Gasteiger partial charge in [0.2, 0.25) is 0 Å². The van der Waals surface area contributed by atoms with Crippen molar-refractivity contribution < 1.29 is 21.7 Å². The van der Waals surface area contributed by atoms with Gasteiger partial charge >= 0.3 is 0 Å². The van der Waals surface area contributed by atoms with Gasteiger partial charge in [0, 0.05) is 99.1 Å². The van der Waals surface area contributed by atoms with Gasteiger partial charge in [-0.15, -0.1) is 0 Å². The Morgan fingerprint density at radius 2 is 1.00 bits per heavy atom. The van der Waals surface area contributed by atoms with Gasteiger partial charge in [-0.2, -0.15) is 0 Å². The van der Waals surface area contributed by atoms with Crippen molar-refractivity contribution in [2.24, 2.45) is 0 Å². The van der Waals surface area contributed by atoms with Crippen molar-refractivity contribution in [1.82, 2.24) is 0 Å². The van der Waals surface area contributed by atoms with Crippen molar-refractivity contribution in [3.63, 3.8) is 0 Å². The average Bonchev–Trinajstić information content (AvgIpc) is 0. The van der Waals surface area contributed by atoms with Gasteiger partial charge in [0.1, 0.15) is 0 Å². The molecule has 0 unspecified atom stereocenters. The van der Waals surface area contributed by atoms with Crippen molar-refractivity contribution >= 4 is 77.4 Å². The van der Waals surface area contributed by atoms with E-state index < -0.39 is 0 Å². The van der Waals surface area contributed by atoms with Crippen LogP contribution in [0.4, 0.5) is 0 Å². The molecule has 0 aromatic carbocycles. The van der Waals surface area contributed by atoms with Crippen LogP contribution >= 0.6 is 0 Å². The molecule has 0 saturated heterocycles. The second kappa shape index (κ2) is 16.2. The zero-order chi connectivity index (χ0) is 0. The van der Waals surface area contributed by atoms with E-state index in [9.17, 15) is 0 Å². The molecule has 0 rings (SSSR count). The third-order valence-electron chi connectivity index (χ3n) is 0. The van der Waals surface area contributed by atoms with Crippen LogP contribution in [-0.4, -0.2) is 77.4 Å². The maximum Gasteiger partial charge on any atom is 0 e. The molecule has 0 N–H and O–H groups in total. The quantitative estimate of drug-likeness (QED) is 0.317. The van der Waals surface area contributed by atoms with Gasteiger partial charge in [-0.05, 0) is 0 Å². The van der Waals surface area contributed by atoms with Crippen LogP contribution in [0.1, 0.15) is 0 Å². The zero-order valence-corrected chi connectivity index (χ0v) is 13.7. The molecule has 0 aliphatic rings. The topological polar surface area (TPSA) is 0 Å². The van der Waals surface area contributed by atoms with E-state index in [2.05, 4.69) is 0 Å². The molecule has 17 valence electrons. The standard InChI is InChI=1S/Bi.Pb.Sn.Ti. The molecule has 0 saturated carbocycles. The number of hydrogen-bond donors (Lipinski definition) is 0. The maximum atomic E-state index is 0. The Labute approximate surface area is 97.0 Å². The summed E-state index contributed by atoms with van der Waals surface area (Å²) in [4.78, 5) is 0. The van der Waals surface area contributed by atoms with E-state index in [-0.39, 0.29) is 99.1 Å². The molecule has 0 aromatic rings. The summed E-state index contributed by atoms with van der Waals surface area (Å²) in [5, 5.41) is 0. The molecule has 0 atom stereocenters. The van der Waals surface area contributed by atoms with Crippen molar-refractivity contribution in [2.75, 3.05) is 0 Å². The van der Waals surface area contributed by atoms with Crippen LogP contribution in [0.2, 0.25) is 0 Å². The first-order chi connectivity index (χ1) is 0. The van der Waals surface area contributed by atoms with E-state index in [1.54, 1.807) is 0 Å². The molecular formula is BiPbSnTi. The predicted octanol–water partition coefficient (Wildman–Crippen LogP) is -1.14. The van der Waals surface area contributed by atoms with Crippen LogP contribution in [0.3, 0.4) is 0 Å². The fourth-order valence-corrected chi connectivity index (χ4v) is 0. The summed E-state index contributed by atoms with van der Waals surface area (Å²) in [6.45, 7) is 0. The van der Waals surface area contributed by atoms with Crippen LogP contribution in [0.25, 0.3) is 0 Å². The summed E-state index contributed by atoms with van der Waals surface area (Å²) in [6.07, 6.45) is 0. The van der Waals surface area contributed by atoms with Crippen molar-refractivity contribution in [3.05, 3.63) is 0 Å². The van der Waals surface area contributed by atoms with Crippen LogP contribution < -0.4 is 0 Å². The molecule has 0 nitrogen and oxygen atoms in total. The minimum absolute atomic E-state index is 0. The molecular weight excluding hydrogens is 583 g/mol. The second-order valence-electron chi connectivity index (χ2n) is 0. The van der Waals surface area contributed by atoms with E-state index in [0.717, 1.165) is 0 Å². The Morgan fingerprint density at radius 3 is 1.00 bits per heavy atom. The van der Waals surface area contributed by atoms with E-state index in [1.165, 1.54) is 0 Å². The summed E-state index contributed by atoms with van der Waals surface area (Å²) in [5.74, 6) is 0. The van der Waals surface area contributed by atoms with Crippen molar-refractivity contribution in [2.45, 2.75) is 0 Å². The van der Waals surface area contributed by atoms with Crippen LogP contribution in [0, 0.1) is 0 Å². The fraction of sp³-hybridized carbons (Fsp3) is 0. The SMILES string of the molecule is [Bi].[Pb].[Sn].[Ti]. The van der Waals surface area contributed by atoms with Gasteiger partial charge < -0.3 is 0 Å². The minimum Gasteiger partial charge on any atom is 0 e. The van der Waals surface area contributed by atoms with E-state index >= 15 is 0 Å². The molecule has 0 fully saturated rings. The molecule has 0 aromatic heterocycles. The summed E-state index contributed by atoms with van der Waals surface area (Å²) >= 11 is 0. The third kappa shape index (κ3) is 9.01. The molecule has 0 bridgehead atoms. The molecule has 11 radical (unpaired) electrons.